The van der Waals surface area contributed by atoms with Crippen LogP contribution in [-0.4, -0.2) is 67.3 Å². The van der Waals surface area contributed by atoms with Crippen LogP contribution in [0.4, 0.5) is 11.5 Å². The fraction of sp³-hybridized carbons (Fsp3) is 0.450. The number of anilines is 2. The summed E-state index contributed by atoms with van der Waals surface area (Å²) in [4.78, 5) is 23.0. The van der Waals surface area contributed by atoms with E-state index in [0.29, 0.717) is 32.8 Å². The van der Waals surface area contributed by atoms with Gasteiger partial charge >= 0.3 is 0 Å². The normalized spacial score (nSPS) is 17.3. The Morgan fingerprint density at radius 3 is 3.00 bits per heavy atom. The number of carbonyl (C=O) groups excluding carboxylic acids is 1. The molecule has 0 aliphatic carbocycles. The molecule has 2 aromatic rings. The van der Waals surface area contributed by atoms with E-state index < -0.39 is 0 Å². The number of aromatic nitrogens is 2. The van der Waals surface area contributed by atoms with E-state index in [0.717, 1.165) is 29.3 Å². The van der Waals surface area contributed by atoms with Crippen LogP contribution in [-0.2, 0) is 14.3 Å². The van der Waals surface area contributed by atoms with Gasteiger partial charge in [-0.2, -0.15) is 0 Å². The van der Waals surface area contributed by atoms with E-state index in [4.69, 9.17) is 9.47 Å². The molecule has 1 aliphatic rings. The Kier molecular flexibility index (Phi) is 7.30. The second kappa shape index (κ2) is 10.1. The van der Waals surface area contributed by atoms with Gasteiger partial charge in [-0.15, -0.1) is 0 Å². The minimum Gasteiger partial charge on any atom is -0.383 e. The van der Waals surface area contributed by atoms with Gasteiger partial charge in [-0.1, -0.05) is 6.07 Å². The van der Waals surface area contributed by atoms with E-state index in [1.54, 1.807) is 19.5 Å². The molecule has 3 rings (SSSR count). The number of carbonyl (C=O) groups is 1. The number of methoxy groups -OCH3 is 1. The van der Waals surface area contributed by atoms with Crippen molar-refractivity contribution in [2.24, 2.45) is 0 Å². The molecule has 150 valence electrons. The van der Waals surface area contributed by atoms with Crippen LogP contribution in [0.3, 0.4) is 0 Å². The summed E-state index contributed by atoms with van der Waals surface area (Å²) in [7, 11) is 1.62. The number of hydrogen-bond donors (Lipinski definition) is 2. The van der Waals surface area contributed by atoms with Crippen molar-refractivity contribution in [3.8, 4) is 0 Å². The standard InChI is InChI=1S/C20H27N5O3/c1-15-4-3-7-22-20(15)24-16-5-6-17(23-12-16)18-13-25(9-11-28-18)14-19(26)21-8-10-27-2/h3-7,12,18H,8-11,13-14H2,1-2H3,(H,21,26)(H,22,24). The average molecular weight is 385 g/mol. The Balaban J connectivity index is 1.54. The number of pyridine rings is 2. The van der Waals surface area contributed by atoms with Gasteiger partial charge in [0.05, 0.1) is 37.3 Å². The number of nitrogens with one attached hydrogen (secondary N) is 2. The maximum atomic E-state index is 12.0. The summed E-state index contributed by atoms with van der Waals surface area (Å²) in [5.41, 5.74) is 2.80. The largest absolute Gasteiger partial charge is 0.383 e. The minimum absolute atomic E-state index is 0.00376. The lowest BCUT2D eigenvalue weighted by atomic mass is 10.2. The van der Waals surface area contributed by atoms with E-state index >= 15 is 0 Å². The predicted molar refractivity (Wildman–Crippen MR) is 107 cm³/mol. The van der Waals surface area contributed by atoms with Gasteiger partial charge < -0.3 is 20.1 Å². The molecule has 2 aromatic heterocycles. The number of amides is 1. The third-order valence-corrected chi connectivity index (χ3v) is 4.53. The van der Waals surface area contributed by atoms with Gasteiger partial charge in [-0.25, -0.2) is 4.98 Å². The summed E-state index contributed by atoms with van der Waals surface area (Å²) in [5.74, 6) is 0.813. The summed E-state index contributed by atoms with van der Waals surface area (Å²) in [6.07, 6.45) is 3.39. The van der Waals surface area contributed by atoms with Gasteiger partial charge in [0.25, 0.3) is 0 Å². The van der Waals surface area contributed by atoms with Crippen LogP contribution in [0.15, 0.2) is 36.7 Å². The number of nitrogens with zero attached hydrogens (tertiary/aromatic N) is 3. The molecular formula is C20H27N5O3. The molecule has 1 unspecified atom stereocenters. The van der Waals surface area contributed by atoms with Crippen molar-refractivity contribution in [3.63, 3.8) is 0 Å². The second-order valence-corrected chi connectivity index (χ2v) is 6.70. The maximum absolute atomic E-state index is 12.0. The van der Waals surface area contributed by atoms with Gasteiger partial charge in [-0.3, -0.25) is 14.7 Å². The molecule has 0 aromatic carbocycles. The number of ether oxygens (including phenoxy) is 2. The van der Waals surface area contributed by atoms with Crippen molar-refractivity contribution in [3.05, 3.63) is 47.9 Å². The molecule has 1 amide bonds. The molecule has 3 heterocycles. The van der Waals surface area contributed by atoms with E-state index in [2.05, 4.69) is 25.5 Å². The van der Waals surface area contributed by atoms with Gasteiger partial charge in [0, 0.05) is 32.9 Å². The second-order valence-electron chi connectivity index (χ2n) is 6.70. The summed E-state index contributed by atoms with van der Waals surface area (Å²) >= 11 is 0. The Morgan fingerprint density at radius 1 is 1.36 bits per heavy atom. The van der Waals surface area contributed by atoms with Crippen LogP contribution < -0.4 is 10.6 Å². The highest BCUT2D eigenvalue weighted by molar-refractivity contribution is 5.78. The number of morpholine rings is 1. The molecule has 0 radical (unpaired) electrons. The van der Waals surface area contributed by atoms with Crippen molar-refractivity contribution in [2.75, 3.05) is 51.8 Å². The Labute approximate surface area is 165 Å². The molecule has 8 heteroatoms. The van der Waals surface area contributed by atoms with Crippen LogP contribution in [0.5, 0.6) is 0 Å². The Bertz CT molecular complexity index is 769. The molecule has 1 fully saturated rings. The van der Waals surface area contributed by atoms with Crippen LogP contribution in [0.1, 0.15) is 17.4 Å². The zero-order valence-electron chi connectivity index (χ0n) is 16.4. The van der Waals surface area contributed by atoms with Gasteiger partial charge in [0.2, 0.25) is 5.91 Å². The predicted octanol–water partition coefficient (Wildman–Crippen LogP) is 1.66. The van der Waals surface area contributed by atoms with Gasteiger partial charge in [-0.05, 0) is 30.7 Å². The van der Waals surface area contributed by atoms with Crippen molar-refractivity contribution in [2.45, 2.75) is 13.0 Å². The lowest BCUT2D eigenvalue weighted by molar-refractivity contribution is -0.124. The molecule has 1 saturated heterocycles. The van der Waals surface area contributed by atoms with Gasteiger partial charge in [0.15, 0.2) is 0 Å². The lowest BCUT2D eigenvalue weighted by Gasteiger charge is -2.32. The van der Waals surface area contributed by atoms with E-state index in [9.17, 15) is 4.79 Å². The molecule has 1 atom stereocenters. The van der Waals surface area contributed by atoms with Crippen molar-refractivity contribution < 1.29 is 14.3 Å². The van der Waals surface area contributed by atoms with Crippen LogP contribution >= 0.6 is 0 Å². The first kappa shape index (κ1) is 20.2. The molecule has 8 nitrogen and oxygen atoms in total. The zero-order chi connectivity index (χ0) is 19.8. The van der Waals surface area contributed by atoms with E-state index in [-0.39, 0.29) is 12.0 Å². The van der Waals surface area contributed by atoms with E-state index in [1.807, 2.05) is 31.2 Å². The Morgan fingerprint density at radius 2 is 2.25 bits per heavy atom. The fourth-order valence-electron chi connectivity index (χ4n) is 3.00. The molecule has 0 bridgehead atoms. The number of aryl methyl sites for hydroxylation is 1. The molecule has 0 spiro atoms. The smallest absolute Gasteiger partial charge is 0.234 e. The first-order valence-corrected chi connectivity index (χ1v) is 9.40. The van der Waals surface area contributed by atoms with Crippen LogP contribution in [0.2, 0.25) is 0 Å². The molecule has 0 saturated carbocycles. The summed E-state index contributed by atoms with van der Waals surface area (Å²) < 4.78 is 10.8. The average Bonchev–Trinajstić information content (AvgIpc) is 2.71. The number of rotatable bonds is 8. The third-order valence-electron chi connectivity index (χ3n) is 4.53. The first-order valence-electron chi connectivity index (χ1n) is 9.40. The summed E-state index contributed by atoms with van der Waals surface area (Å²) in [6, 6.07) is 7.84. The topological polar surface area (TPSA) is 88.6 Å². The first-order chi connectivity index (χ1) is 13.7. The highest BCUT2D eigenvalue weighted by Crippen LogP contribution is 2.23. The lowest BCUT2D eigenvalue weighted by Crippen LogP contribution is -2.44. The third kappa shape index (κ3) is 5.72. The maximum Gasteiger partial charge on any atom is 0.234 e. The molecule has 1 aliphatic heterocycles. The molecular weight excluding hydrogens is 358 g/mol. The van der Waals surface area contributed by atoms with Crippen LogP contribution in [0.25, 0.3) is 0 Å². The van der Waals surface area contributed by atoms with Crippen molar-refractivity contribution in [1.82, 2.24) is 20.2 Å². The monoisotopic (exact) mass is 385 g/mol. The van der Waals surface area contributed by atoms with Gasteiger partial charge in [0.1, 0.15) is 11.9 Å². The number of hydrogen-bond acceptors (Lipinski definition) is 7. The van der Waals surface area contributed by atoms with Crippen molar-refractivity contribution in [1.29, 1.82) is 0 Å². The van der Waals surface area contributed by atoms with Crippen molar-refractivity contribution >= 4 is 17.4 Å². The molecule has 28 heavy (non-hydrogen) atoms. The molecule has 2 N–H and O–H groups in total. The minimum atomic E-state index is -0.147. The zero-order valence-corrected chi connectivity index (χ0v) is 16.4. The summed E-state index contributed by atoms with van der Waals surface area (Å²) in [5, 5.41) is 6.12. The highest BCUT2D eigenvalue weighted by atomic mass is 16.5. The van der Waals surface area contributed by atoms with Crippen LogP contribution in [0, 0.1) is 6.92 Å². The SMILES string of the molecule is COCCNC(=O)CN1CCOC(c2ccc(Nc3ncccc3C)cn2)C1. The fourth-order valence-corrected chi connectivity index (χ4v) is 3.00. The summed E-state index contributed by atoms with van der Waals surface area (Å²) in [6.45, 7) is 5.33. The Hall–Kier alpha value is -2.55. The highest BCUT2D eigenvalue weighted by Gasteiger charge is 2.24. The van der Waals surface area contributed by atoms with E-state index in [1.165, 1.54) is 0 Å². The quantitative estimate of drug-likeness (QED) is 0.668.